The molecule has 0 saturated heterocycles. The Morgan fingerprint density at radius 1 is 1.08 bits per heavy atom. The van der Waals surface area contributed by atoms with Gasteiger partial charge in [0, 0.05) is 5.56 Å². The van der Waals surface area contributed by atoms with Crippen LogP contribution in [0.15, 0.2) is 46.9 Å². The molecule has 7 nitrogen and oxygen atoms in total. The van der Waals surface area contributed by atoms with E-state index in [2.05, 4.69) is 22.8 Å². The first-order valence-corrected chi connectivity index (χ1v) is 8.12. The molecule has 0 fully saturated rings. The maximum absolute atomic E-state index is 10.9. The normalized spacial score (nSPS) is 11.8. The second kappa shape index (κ2) is 7.49. The van der Waals surface area contributed by atoms with Gasteiger partial charge in [-0.2, -0.15) is 12.6 Å². The van der Waals surface area contributed by atoms with Gasteiger partial charge in [0.1, 0.15) is 5.25 Å². The molecule has 0 aliphatic carbocycles. The van der Waals surface area contributed by atoms with Crippen molar-refractivity contribution >= 4 is 18.6 Å². The monoisotopic (exact) mass is 372 g/mol. The fourth-order valence-corrected chi connectivity index (χ4v) is 2.66. The highest BCUT2D eigenvalue weighted by atomic mass is 32.1. The summed E-state index contributed by atoms with van der Waals surface area (Å²) in [7, 11) is 3.11. The summed E-state index contributed by atoms with van der Waals surface area (Å²) in [5.74, 6) is 0.794. The Hall–Kier alpha value is -3.00. The lowest BCUT2D eigenvalue weighted by atomic mass is 10.1. The fraction of sp³-hybridized carbons (Fsp3) is 0.167. The van der Waals surface area contributed by atoms with Crippen LogP contribution in [0.25, 0.3) is 11.5 Å². The number of benzene rings is 2. The molecule has 1 heterocycles. The average molecular weight is 372 g/mol. The van der Waals surface area contributed by atoms with Gasteiger partial charge in [0.2, 0.25) is 11.8 Å². The number of carboxylic acid groups (broad SMARTS) is 1. The SMILES string of the molecule is COc1ccc(-c2nnc(C(S)c3ccc(C(=O)O)cc3)o2)cc1OC. The third-order valence-corrected chi connectivity index (χ3v) is 4.30. The van der Waals surface area contributed by atoms with Crippen molar-refractivity contribution in [2.75, 3.05) is 14.2 Å². The molecule has 26 heavy (non-hydrogen) atoms. The third kappa shape index (κ3) is 3.50. The van der Waals surface area contributed by atoms with Crippen molar-refractivity contribution in [1.29, 1.82) is 0 Å². The van der Waals surface area contributed by atoms with Crippen LogP contribution in [0.3, 0.4) is 0 Å². The van der Waals surface area contributed by atoms with Gasteiger partial charge < -0.3 is 19.0 Å². The summed E-state index contributed by atoms with van der Waals surface area (Å²) in [5.41, 5.74) is 1.63. The van der Waals surface area contributed by atoms with E-state index in [0.717, 1.165) is 5.56 Å². The lowest BCUT2D eigenvalue weighted by Crippen LogP contribution is -1.98. The second-order valence-electron chi connectivity index (χ2n) is 5.34. The zero-order chi connectivity index (χ0) is 18.7. The quantitative estimate of drug-likeness (QED) is 0.640. The molecule has 0 aliphatic rings. The van der Waals surface area contributed by atoms with Gasteiger partial charge in [0.05, 0.1) is 19.8 Å². The third-order valence-electron chi connectivity index (χ3n) is 3.78. The van der Waals surface area contributed by atoms with Gasteiger partial charge in [-0.25, -0.2) is 4.79 Å². The molecular weight excluding hydrogens is 356 g/mol. The van der Waals surface area contributed by atoms with E-state index >= 15 is 0 Å². The lowest BCUT2D eigenvalue weighted by molar-refractivity contribution is 0.0697. The van der Waals surface area contributed by atoms with Crippen molar-refractivity contribution in [1.82, 2.24) is 10.2 Å². The van der Waals surface area contributed by atoms with Crippen LogP contribution in [0.5, 0.6) is 11.5 Å². The summed E-state index contributed by atoms with van der Waals surface area (Å²) in [6.07, 6.45) is 0. The molecule has 1 atom stereocenters. The number of rotatable bonds is 6. The molecule has 3 rings (SSSR count). The van der Waals surface area contributed by atoms with Crippen LogP contribution in [0, 0.1) is 0 Å². The molecular formula is C18H16N2O5S. The number of hydrogen-bond donors (Lipinski definition) is 2. The van der Waals surface area contributed by atoms with Gasteiger partial charge in [-0.3, -0.25) is 0 Å². The molecule has 134 valence electrons. The molecule has 2 aromatic carbocycles. The van der Waals surface area contributed by atoms with Crippen molar-refractivity contribution in [3.05, 3.63) is 59.5 Å². The van der Waals surface area contributed by atoms with Crippen LogP contribution in [-0.4, -0.2) is 35.5 Å². The molecule has 0 saturated carbocycles. The summed E-state index contributed by atoms with van der Waals surface area (Å²) in [6.45, 7) is 0. The molecule has 0 radical (unpaired) electrons. The number of carboxylic acids is 1. The minimum atomic E-state index is -0.985. The van der Waals surface area contributed by atoms with E-state index in [-0.39, 0.29) is 5.56 Å². The molecule has 1 unspecified atom stereocenters. The van der Waals surface area contributed by atoms with E-state index in [1.165, 1.54) is 12.1 Å². The molecule has 3 aromatic rings. The lowest BCUT2D eigenvalue weighted by Gasteiger charge is -2.08. The van der Waals surface area contributed by atoms with Crippen molar-refractivity contribution in [2.45, 2.75) is 5.25 Å². The van der Waals surface area contributed by atoms with Crippen molar-refractivity contribution in [2.24, 2.45) is 0 Å². The van der Waals surface area contributed by atoms with Crippen molar-refractivity contribution < 1.29 is 23.8 Å². The number of methoxy groups -OCH3 is 2. The van der Waals surface area contributed by atoms with Crippen LogP contribution < -0.4 is 9.47 Å². The van der Waals surface area contributed by atoms with E-state index in [1.54, 1.807) is 44.6 Å². The molecule has 1 N–H and O–H groups in total. The molecule has 8 heteroatoms. The van der Waals surface area contributed by atoms with Crippen LogP contribution in [0.4, 0.5) is 0 Å². The van der Waals surface area contributed by atoms with Gasteiger partial charge in [0.25, 0.3) is 0 Å². The Bertz CT molecular complexity index is 924. The Morgan fingerprint density at radius 3 is 2.38 bits per heavy atom. The molecule has 0 aliphatic heterocycles. The van der Waals surface area contributed by atoms with Crippen molar-refractivity contribution in [3.63, 3.8) is 0 Å². The van der Waals surface area contributed by atoms with Gasteiger partial charge in [-0.05, 0) is 35.9 Å². The van der Waals surface area contributed by atoms with Gasteiger partial charge in [-0.15, -0.1) is 10.2 Å². The first kappa shape index (κ1) is 17.8. The minimum absolute atomic E-state index is 0.200. The van der Waals surface area contributed by atoms with Gasteiger partial charge >= 0.3 is 5.97 Å². The predicted molar refractivity (Wildman–Crippen MR) is 97.1 cm³/mol. The fourth-order valence-electron chi connectivity index (χ4n) is 2.38. The number of aromatic carboxylic acids is 1. The number of ether oxygens (including phenoxy) is 2. The first-order chi connectivity index (χ1) is 12.5. The molecule has 0 bridgehead atoms. The van der Waals surface area contributed by atoms with E-state index in [0.29, 0.717) is 28.8 Å². The van der Waals surface area contributed by atoms with Crippen LogP contribution in [-0.2, 0) is 0 Å². The number of hydrogen-bond acceptors (Lipinski definition) is 7. The van der Waals surface area contributed by atoms with Crippen LogP contribution >= 0.6 is 12.6 Å². The largest absolute Gasteiger partial charge is 0.493 e. The summed E-state index contributed by atoms with van der Waals surface area (Å²) < 4.78 is 16.2. The average Bonchev–Trinajstić information content (AvgIpc) is 3.17. The van der Waals surface area contributed by atoms with E-state index in [1.807, 2.05) is 0 Å². The number of thiol groups is 1. The molecule has 0 spiro atoms. The predicted octanol–water partition coefficient (Wildman–Crippen LogP) is 3.47. The maximum atomic E-state index is 10.9. The highest BCUT2D eigenvalue weighted by Crippen LogP contribution is 2.34. The summed E-state index contributed by atoms with van der Waals surface area (Å²) >= 11 is 4.50. The highest BCUT2D eigenvalue weighted by Gasteiger charge is 2.19. The standard InChI is InChI=1S/C18H16N2O5S/c1-23-13-8-7-12(9-14(13)24-2)16-19-20-17(25-16)15(26)10-3-5-11(6-4-10)18(21)22/h3-9,15,26H,1-2H3,(H,21,22). The zero-order valence-corrected chi connectivity index (χ0v) is 14.9. The maximum Gasteiger partial charge on any atom is 0.335 e. The Balaban J connectivity index is 1.86. The molecule has 0 amide bonds. The molecule has 1 aromatic heterocycles. The van der Waals surface area contributed by atoms with Crippen molar-refractivity contribution in [3.8, 4) is 23.0 Å². The Labute approximate surface area is 155 Å². The first-order valence-electron chi connectivity index (χ1n) is 7.60. The number of carbonyl (C=O) groups is 1. The minimum Gasteiger partial charge on any atom is -0.493 e. The highest BCUT2D eigenvalue weighted by molar-refractivity contribution is 7.80. The zero-order valence-electron chi connectivity index (χ0n) is 14.0. The summed E-state index contributed by atoms with van der Waals surface area (Å²) in [6, 6.07) is 11.6. The van der Waals surface area contributed by atoms with Gasteiger partial charge in [0.15, 0.2) is 11.5 Å². The van der Waals surface area contributed by atoms with Crippen LogP contribution in [0.2, 0.25) is 0 Å². The van der Waals surface area contributed by atoms with E-state index in [4.69, 9.17) is 19.0 Å². The summed E-state index contributed by atoms with van der Waals surface area (Å²) in [4.78, 5) is 10.9. The topological polar surface area (TPSA) is 94.7 Å². The Morgan fingerprint density at radius 2 is 1.77 bits per heavy atom. The van der Waals surface area contributed by atoms with Gasteiger partial charge in [-0.1, -0.05) is 12.1 Å². The van der Waals surface area contributed by atoms with E-state index < -0.39 is 11.2 Å². The number of aromatic nitrogens is 2. The van der Waals surface area contributed by atoms with Crippen LogP contribution in [0.1, 0.15) is 27.1 Å². The smallest absolute Gasteiger partial charge is 0.335 e. The second-order valence-corrected chi connectivity index (χ2v) is 5.86. The number of nitrogens with zero attached hydrogens (tertiary/aromatic N) is 2. The van der Waals surface area contributed by atoms with E-state index in [9.17, 15) is 4.79 Å². The Kier molecular flexibility index (Phi) is 5.13. The summed E-state index contributed by atoms with van der Waals surface area (Å²) in [5, 5.41) is 16.6.